The van der Waals surface area contributed by atoms with Crippen molar-refractivity contribution < 1.29 is 4.79 Å². The minimum absolute atomic E-state index is 0.118. The van der Waals surface area contributed by atoms with Crippen molar-refractivity contribution in [1.29, 1.82) is 0 Å². The van der Waals surface area contributed by atoms with E-state index in [1.807, 2.05) is 25.1 Å². The molecular formula is C16H24ClN3O. The third-order valence-corrected chi connectivity index (χ3v) is 4.62. The van der Waals surface area contributed by atoms with E-state index in [4.69, 9.17) is 17.4 Å². The largest absolute Gasteiger partial charge is 0.354 e. The third kappa shape index (κ3) is 2.87. The molecule has 0 aliphatic carbocycles. The van der Waals surface area contributed by atoms with Gasteiger partial charge in [0.2, 0.25) is 0 Å². The molecule has 0 fully saturated rings. The topological polar surface area (TPSA) is 58.4 Å². The van der Waals surface area contributed by atoms with Gasteiger partial charge in [0.05, 0.1) is 0 Å². The highest BCUT2D eigenvalue weighted by Gasteiger charge is 2.41. The molecule has 2 rings (SSSR count). The summed E-state index contributed by atoms with van der Waals surface area (Å²) in [6.07, 6.45) is 1.66. The van der Waals surface area contributed by atoms with Crippen LogP contribution in [0.5, 0.6) is 0 Å². The molecule has 1 aromatic carbocycles. The zero-order valence-corrected chi connectivity index (χ0v) is 13.9. The number of nitrogens with one attached hydrogen (secondary N) is 1. The molecule has 21 heavy (non-hydrogen) atoms. The lowest BCUT2D eigenvalue weighted by Crippen LogP contribution is -2.59. The van der Waals surface area contributed by atoms with Crippen LogP contribution in [0.25, 0.3) is 0 Å². The zero-order valence-electron chi connectivity index (χ0n) is 13.1. The van der Waals surface area contributed by atoms with Gasteiger partial charge in [-0.3, -0.25) is 10.2 Å². The number of hydrogen-bond acceptors (Lipinski definition) is 3. The van der Waals surface area contributed by atoms with Gasteiger partial charge in [0, 0.05) is 16.2 Å². The number of nitrogens with zero attached hydrogens (tertiary/aromatic N) is 1. The Kier molecular flexibility index (Phi) is 4.49. The third-order valence-electron chi connectivity index (χ3n) is 4.38. The summed E-state index contributed by atoms with van der Waals surface area (Å²) in [6, 6.07) is 5.63. The molecule has 116 valence electrons. The van der Waals surface area contributed by atoms with Crippen molar-refractivity contribution in [2.24, 2.45) is 5.84 Å². The summed E-state index contributed by atoms with van der Waals surface area (Å²) in [6.45, 7) is 8.56. The minimum Gasteiger partial charge on any atom is -0.354 e. The fourth-order valence-corrected chi connectivity index (χ4v) is 3.77. The Morgan fingerprint density at radius 2 is 2.24 bits per heavy atom. The smallest absolute Gasteiger partial charge is 0.256 e. The molecule has 5 heteroatoms. The lowest BCUT2D eigenvalue weighted by Gasteiger charge is -2.50. The lowest BCUT2D eigenvalue weighted by atomic mass is 9.79. The molecule has 0 bridgehead atoms. The van der Waals surface area contributed by atoms with Crippen molar-refractivity contribution in [1.82, 2.24) is 5.43 Å². The number of benzene rings is 1. The Balaban J connectivity index is 2.57. The summed E-state index contributed by atoms with van der Waals surface area (Å²) in [4.78, 5) is 14.4. The predicted octanol–water partition coefficient (Wildman–Crippen LogP) is 3.20. The van der Waals surface area contributed by atoms with Crippen molar-refractivity contribution in [3.63, 3.8) is 0 Å². The number of rotatable bonds is 3. The molecule has 0 radical (unpaired) electrons. The van der Waals surface area contributed by atoms with Gasteiger partial charge in [0.25, 0.3) is 5.91 Å². The maximum absolute atomic E-state index is 12.2. The Morgan fingerprint density at radius 3 is 2.81 bits per heavy atom. The van der Waals surface area contributed by atoms with Crippen LogP contribution in [0.2, 0.25) is 5.02 Å². The number of hydrazine groups is 1. The molecule has 1 aromatic rings. The van der Waals surface area contributed by atoms with Gasteiger partial charge in [-0.15, -0.1) is 0 Å². The Labute approximate surface area is 131 Å². The van der Waals surface area contributed by atoms with Crippen LogP contribution in [0.15, 0.2) is 18.2 Å². The molecule has 2 atom stereocenters. The molecule has 0 saturated heterocycles. The number of hydrogen-bond donors (Lipinski definition) is 2. The van der Waals surface area contributed by atoms with Crippen LogP contribution < -0.4 is 16.2 Å². The standard InChI is InChI=1S/C16H24ClN3O/c1-5-13(15(21)19-18)20-14-7-6-11(17)8-12(14)10(2)9-16(20,3)4/h6-8,10,13H,5,9,18H2,1-4H3,(H,19,21)/t10-,13-/m1/s1. The molecule has 1 amide bonds. The first-order valence-electron chi connectivity index (χ1n) is 7.41. The fourth-order valence-electron chi connectivity index (χ4n) is 3.59. The van der Waals surface area contributed by atoms with Gasteiger partial charge in [-0.25, -0.2) is 5.84 Å². The van der Waals surface area contributed by atoms with Crippen LogP contribution in [0, 0.1) is 0 Å². The van der Waals surface area contributed by atoms with Crippen LogP contribution in [0.3, 0.4) is 0 Å². The van der Waals surface area contributed by atoms with Gasteiger partial charge < -0.3 is 4.90 Å². The second-order valence-electron chi connectivity index (χ2n) is 6.42. The van der Waals surface area contributed by atoms with Gasteiger partial charge in [-0.2, -0.15) is 0 Å². The first-order valence-corrected chi connectivity index (χ1v) is 7.79. The first-order chi connectivity index (χ1) is 9.81. The Morgan fingerprint density at radius 1 is 1.57 bits per heavy atom. The number of carbonyl (C=O) groups excluding carboxylic acids is 1. The highest BCUT2D eigenvalue weighted by molar-refractivity contribution is 6.30. The van der Waals surface area contributed by atoms with Gasteiger partial charge in [-0.05, 0) is 56.4 Å². The lowest BCUT2D eigenvalue weighted by molar-refractivity contribution is -0.122. The van der Waals surface area contributed by atoms with Crippen molar-refractivity contribution in [3.05, 3.63) is 28.8 Å². The van der Waals surface area contributed by atoms with Gasteiger partial charge >= 0.3 is 0 Å². The summed E-state index contributed by atoms with van der Waals surface area (Å²) in [5.41, 5.74) is 4.46. The normalized spacial score (nSPS) is 21.6. The van der Waals surface area contributed by atoms with Crippen LogP contribution in [-0.4, -0.2) is 17.5 Å². The second kappa shape index (κ2) is 5.85. The van der Waals surface area contributed by atoms with E-state index in [-0.39, 0.29) is 17.5 Å². The van der Waals surface area contributed by atoms with E-state index in [2.05, 4.69) is 31.1 Å². The number of carbonyl (C=O) groups is 1. The number of anilines is 1. The summed E-state index contributed by atoms with van der Waals surface area (Å²) in [5.74, 6) is 5.62. The van der Waals surface area contributed by atoms with Crippen LogP contribution in [-0.2, 0) is 4.79 Å². The summed E-state index contributed by atoms with van der Waals surface area (Å²) < 4.78 is 0. The predicted molar refractivity (Wildman–Crippen MR) is 87.5 cm³/mol. The highest BCUT2D eigenvalue weighted by atomic mass is 35.5. The molecule has 1 aliphatic heterocycles. The number of nitrogens with two attached hydrogens (primary N) is 1. The van der Waals surface area contributed by atoms with E-state index in [1.165, 1.54) is 5.56 Å². The second-order valence-corrected chi connectivity index (χ2v) is 6.86. The minimum atomic E-state index is -0.280. The van der Waals surface area contributed by atoms with E-state index in [0.29, 0.717) is 12.3 Å². The maximum Gasteiger partial charge on any atom is 0.256 e. The highest BCUT2D eigenvalue weighted by Crippen LogP contribution is 2.45. The van der Waals surface area contributed by atoms with E-state index >= 15 is 0 Å². The average Bonchev–Trinajstić information content (AvgIpc) is 2.42. The number of fused-ring (bicyclic) bond motifs is 1. The molecule has 3 N–H and O–H groups in total. The molecule has 0 aromatic heterocycles. The van der Waals surface area contributed by atoms with E-state index in [1.54, 1.807) is 0 Å². The Bertz CT molecular complexity index is 544. The summed E-state index contributed by atoms with van der Waals surface area (Å²) in [7, 11) is 0. The van der Waals surface area contributed by atoms with E-state index in [0.717, 1.165) is 17.1 Å². The Hall–Kier alpha value is -1.26. The quantitative estimate of drug-likeness (QED) is 0.512. The molecule has 0 saturated carbocycles. The van der Waals surface area contributed by atoms with Crippen molar-refractivity contribution in [2.45, 2.75) is 58.0 Å². The SMILES string of the molecule is CC[C@H](C(=O)NN)N1c2ccc(Cl)cc2[C@H](C)CC1(C)C. The molecule has 0 spiro atoms. The van der Waals surface area contributed by atoms with E-state index in [9.17, 15) is 4.79 Å². The summed E-state index contributed by atoms with van der Waals surface area (Å²) >= 11 is 6.15. The van der Waals surface area contributed by atoms with Crippen molar-refractivity contribution >= 4 is 23.2 Å². The molecule has 4 nitrogen and oxygen atoms in total. The van der Waals surface area contributed by atoms with Crippen LogP contribution in [0.1, 0.15) is 52.0 Å². The van der Waals surface area contributed by atoms with Gasteiger partial charge in [0.1, 0.15) is 6.04 Å². The van der Waals surface area contributed by atoms with Crippen LogP contribution >= 0.6 is 11.6 Å². The van der Waals surface area contributed by atoms with Crippen LogP contribution in [0.4, 0.5) is 5.69 Å². The summed E-state index contributed by atoms with van der Waals surface area (Å²) in [5, 5.41) is 0.733. The van der Waals surface area contributed by atoms with E-state index < -0.39 is 0 Å². The number of amides is 1. The first kappa shape index (κ1) is 16.1. The average molecular weight is 310 g/mol. The van der Waals surface area contributed by atoms with Gasteiger partial charge in [-0.1, -0.05) is 25.4 Å². The van der Waals surface area contributed by atoms with Crippen molar-refractivity contribution in [2.75, 3.05) is 4.90 Å². The molecule has 1 heterocycles. The fraction of sp³-hybridized carbons (Fsp3) is 0.562. The molecule has 1 aliphatic rings. The van der Waals surface area contributed by atoms with Crippen molar-refractivity contribution in [3.8, 4) is 0 Å². The zero-order chi connectivity index (χ0) is 15.8. The van der Waals surface area contributed by atoms with Gasteiger partial charge in [0.15, 0.2) is 0 Å². The number of halogens is 1. The molecular weight excluding hydrogens is 286 g/mol. The maximum atomic E-state index is 12.2. The molecule has 0 unspecified atom stereocenters. The monoisotopic (exact) mass is 309 g/mol.